The number of hydrogen-bond acceptors (Lipinski definition) is 5. The number of hydrogen-bond donors (Lipinski definition) is 1. The molecule has 4 aromatic rings. The van der Waals surface area contributed by atoms with E-state index < -0.39 is 15.4 Å². The number of aryl methyl sites for hydroxylation is 1. The lowest BCUT2D eigenvalue weighted by atomic mass is 10.0. The highest BCUT2D eigenvalue weighted by Gasteiger charge is 2.24. The first-order valence-corrected chi connectivity index (χ1v) is 14.2. The van der Waals surface area contributed by atoms with Gasteiger partial charge >= 0.3 is 0 Å². The van der Waals surface area contributed by atoms with Crippen molar-refractivity contribution in [3.8, 4) is 22.6 Å². The Morgan fingerprint density at radius 2 is 1.73 bits per heavy atom. The summed E-state index contributed by atoms with van der Waals surface area (Å²) in [6.07, 6.45) is 3.40. The molecule has 0 aliphatic carbocycles. The number of sulfone groups is 1. The van der Waals surface area contributed by atoms with Gasteiger partial charge in [0.1, 0.15) is 22.1 Å². The van der Waals surface area contributed by atoms with Crippen molar-refractivity contribution in [1.29, 1.82) is 0 Å². The molecule has 0 radical (unpaired) electrons. The van der Waals surface area contributed by atoms with Crippen LogP contribution in [0.3, 0.4) is 0 Å². The molecule has 0 atom stereocenters. The average Bonchev–Trinajstić information content (AvgIpc) is 3.25. The van der Waals surface area contributed by atoms with Crippen LogP contribution in [-0.2, 0) is 21.9 Å². The molecule has 0 aliphatic heterocycles. The fraction of sp³-hybridized carbons (Fsp3) is 0.250. The minimum atomic E-state index is -3.47. The maximum absolute atomic E-state index is 12.3. The van der Waals surface area contributed by atoms with Gasteiger partial charge in [0.25, 0.3) is 0 Å². The molecule has 194 valence electrons. The summed E-state index contributed by atoms with van der Waals surface area (Å²) in [4.78, 5) is 4.87. The van der Waals surface area contributed by atoms with Crippen LogP contribution in [0.15, 0.2) is 65.7 Å². The standard InChI is InChI=1S/C28H28Cl2N2O4S/c1-17-13-18(19-10-12-23(36-4)24(14-19)37(5,34)35)9-11-22(17)32-16-25(28(2,3)33)31-26(32)15-20-7-6-8-21(29)27(20)30/h6-14,16,33H,15H2,1-5H3. The van der Waals surface area contributed by atoms with Gasteiger partial charge in [0, 0.05) is 24.6 Å². The first-order valence-electron chi connectivity index (χ1n) is 11.5. The molecule has 0 unspecified atom stereocenters. The van der Waals surface area contributed by atoms with E-state index in [-0.39, 0.29) is 4.90 Å². The van der Waals surface area contributed by atoms with Gasteiger partial charge in [-0.1, -0.05) is 47.5 Å². The summed E-state index contributed by atoms with van der Waals surface area (Å²) < 4.78 is 31.8. The van der Waals surface area contributed by atoms with Gasteiger partial charge in [-0.25, -0.2) is 13.4 Å². The smallest absolute Gasteiger partial charge is 0.179 e. The Morgan fingerprint density at radius 1 is 1.05 bits per heavy atom. The maximum Gasteiger partial charge on any atom is 0.179 e. The highest BCUT2D eigenvalue weighted by atomic mass is 35.5. The zero-order valence-electron chi connectivity index (χ0n) is 21.2. The lowest BCUT2D eigenvalue weighted by Gasteiger charge is -2.15. The van der Waals surface area contributed by atoms with Crippen LogP contribution < -0.4 is 4.74 Å². The van der Waals surface area contributed by atoms with Crippen LogP contribution in [0, 0.1) is 6.92 Å². The molecular weight excluding hydrogens is 531 g/mol. The van der Waals surface area contributed by atoms with E-state index in [1.165, 1.54) is 7.11 Å². The van der Waals surface area contributed by atoms with Crippen LogP contribution in [0.25, 0.3) is 16.8 Å². The molecule has 0 saturated heterocycles. The summed E-state index contributed by atoms with van der Waals surface area (Å²) in [5.41, 5.74) is 3.63. The molecule has 0 saturated carbocycles. The van der Waals surface area contributed by atoms with Crippen molar-refractivity contribution in [3.05, 3.63) is 93.5 Å². The number of methoxy groups -OCH3 is 1. The highest BCUT2D eigenvalue weighted by Crippen LogP contribution is 2.33. The van der Waals surface area contributed by atoms with Gasteiger partial charge in [-0.2, -0.15) is 0 Å². The van der Waals surface area contributed by atoms with Crippen molar-refractivity contribution in [3.63, 3.8) is 0 Å². The molecule has 9 heteroatoms. The molecule has 3 aromatic carbocycles. The van der Waals surface area contributed by atoms with E-state index in [4.69, 9.17) is 32.9 Å². The quantitative estimate of drug-likeness (QED) is 0.284. The first-order chi connectivity index (χ1) is 17.3. The number of halogens is 2. The van der Waals surface area contributed by atoms with E-state index in [0.29, 0.717) is 33.7 Å². The first kappa shape index (κ1) is 27.2. The minimum Gasteiger partial charge on any atom is -0.495 e. The van der Waals surface area contributed by atoms with Crippen LogP contribution in [0.5, 0.6) is 5.75 Å². The molecule has 0 fully saturated rings. The Hall–Kier alpha value is -2.84. The molecular formula is C28H28Cl2N2O4S. The third-order valence-electron chi connectivity index (χ3n) is 6.14. The third-order valence-corrected chi connectivity index (χ3v) is 8.11. The predicted octanol–water partition coefficient (Wildman–Crippen LogP) is 6.38. The molecule has 6 nitrogen and oxygen atoms in total. The van der Waals surface area contributed by atoms with Crippen LogP contribution >= 0.6 is 23.2 Å². The summed E-state index contributed by atoms with van der Waals surface area (Å²) in [5.74, 6) is 1.00. The lowest BCUT2D eigenvalue weighted by Crippen LogP contribution is -2.16. The average molecular weight is 560 g/mol. The van der Waals surface area contributed by atoms with Gasteiger partial charge in [-0.05, 0) is 73.4 Å². The number of aromatic nitrogens is 2. The lowest BCUT2D eigenvalue weighted by molar-refractivity contribution is 0.0741. The predicted molar refractivity (Wildman–Crippen MR) is 148 cm³/mol. The van der Waals surface area contributed by atoms with Crippen molar-refractivity contribution >= 4 is 33.0 Å². The topological polar surface area (TPSA) is 81.4 Å². The number of ether oxygens (including phenoxy) is 1. The number of aliphatic hydroxyl groups is 1. The molecule has 4 rings (SSSR count). The highest BCUT2D eigenvalue weighted by molar-refractivity contribution is 7.90. The Balaban J connectivity index is 1.80. The molecule has 0 aliphatic rings. The number of imidazole rings is 1. The van der Waals surface area contributed by atoms with E-state index in [1.54, 1.807) is 32.0 Å². The Bertz CT molecular complexity index is 1590. The summed E-state index contributed by atoms with van der Waals surface area (Å²) in [6.45, 7) is 5.35. The van der Waals surface area contributed by atoms with Gasteiger partial charge in [0.15, 0.2) is 9.84 Å². The van der Waals surface area contributed by atoms with Crippen LogP contribution in [-0.4, -0.2) is 36.4 Å². The largest absolute Gasteiger partial charge is 0.495 e. The second-order valence-corrected chi connectivity index (χ2v) is 12.3. The monoisotopic (exact) mass is 558 g/mol. The number of rotatable bonds is 7. The Labute approximate surface area is 227 Å². The molecule has 1 heterocycles. The number of benzene rings is 3. The summed E-state index contributed by atoms with van der Waals surface area (Å²) in [7, 11) is -2.02. The van der Waals surface area contributed by atoms with E-state index in [0.717, 1.165) is 34.2 Å². The van der Waals surface area contributed by atoms with E-state index in [9.17, 15) is 13.5 Å². The molecule has 1 aromatic heterocycles. The van der Waals surface area contributed by atoms with Crippen molar-refractivity contribution in [2.24, 2.45) is 0 Å². The maximum atomic E-state index is 12.3. The van der Waals surface area contributed by atoms with E-state index in [1.807, 2.05) is 54.1 Å². The molecule has 0 bridgehead atoms. The molecule has 0 amide bonds. The zero-order valence-corrected chi connectivity index (χ0v) is 23.5. The van der Waals surface area contributed by atoms with Crippen molar-refractivity contribution in [1.82, 2.24) is 9.55 Å². The van der Waals surface area contributed by atoms with E-state index in [2.05, 4.69) is 0 Å². The van der Waals surface area contributed by atoms with Crippen molar-refractivity contribution < 1.29 is 18.3 Å². The molecule has 37 heavy (non-hydrogen) atoms. The second-order valence-electron chi connectivity index (χ2n) is 9.50. The molecule has 1 N–H and O–H groups in total. The normalized spacial score (nSPS) is 12.1. The summed E-state index contributed by atoms with van der Waals surface area (Å²) in [5, 5.41) is 11.6. The third kappa shape index (κ3) is 5.70. The van der Waals surface area contributed by atoms with E-state index >= 15 is 0 Å². The van der Waals surface area contributed by atoms with Crippen LogP contribution in [0.4, 0.5) is 0 Å². The van der Waals surface area contributed by atoms with Gasteiger partial charge in [0.2, 0.25) is 0 Å². The Morgan fingerprint density at radius 3 is 2.35 bits per heavy atom. The molecule has 0 spiro atoms. The SMILES string of the molecule is COc1ccc(-c2ccc(-n3cc(C(C)(C)O)nc3Cc3cccc(Cl)c3Cl)c(C)c2)cc1S(C)(=O)=O. The van der Waals surface area contributed by atoms with Gasteiger partial charge < -0.3 is 14.4 Å². The van der Waals surface area contributed by atoms with Gasteiger partial charge in [0.05, 0.1) is 22.8 Å². The van der Waals surface area contributed by atoms with Gasteiger partial charge in [-0.15, -0.1) is 0 Å². The Kier molecular flexibility index (Phi) is 7.45. The van der Waals surface area contributed by atoms with Crippen molar-refractivity contribution in [2.75, 3.05) is 13.4 Å². The fourth-order valence-corrected chi connectivity index (χ4v) is 5.40. The summed E-state index contributed by atoms with van der Waals surface area (Å²) >= 11 is 12.7. The minimum absolute atomic E-state index is 0.138. The fourth-order valence-electron chi connectivity index (χ4n) is 4.15. The zero-order chi connectivity index (χ0) is 27.1. The second kappa shape index (κ2) is 10.1. The number of nitrogens with zero attached hydrogens (tertiary/aromatic N) is 2. The van der Waals surface area contributed by atoms with Gasteiger partial charge in [-0.3, -0.25) is 0 Å². The summed E-state index contributed by atoms with van der Waals surface area (Å²) in [6, 6.07) is 16.5. The van der Waals surface area contributed by atoms with Crippen LogP contribution in [0.1, 0.15) is 36.5 Å². The van der Waals surface area contributed by atoms with Crippen molar-refractivity contribution in [2.45, 2.75) is 37.7 Å². The van der Waals surface area contributed by atoms with Crippen LogP contribution in [0.2, 0.25) is 10.0 Å².